The van der Waals surface area contributed by atoms with E-state index in [2.05, 4.69) is 15.3 Å². The van der Waals surface area contributed by atoms with Crippen molar-refractivity contribution in [1.82, 2.24) is 19.9 Å². The number of thiazole rings is 1. The summed E-state index contributed by atoms with van der Waals surface area (Å²) in [4.78, 5) is 33.1. The molecule has 2 aromatic carbocycles. The molecule has 136 valence electrons. The van der Waals surface area contributed by atoms with Gasteiger partial charge in [0.15, 0.2) is 0 Å². The van der Waals surface area contributed by atoms with Crippen LogP contribution in [0.1, 0.15) is 5.01 Å². The van der Waals surface area contributed by atoms with Gasteiger partial charge in [0, 0.05) is 13.0 Å². The van der Waals surface area contributed by atoms with Crippen LogP contribution in [0.2, 0.25) is 0 Å². The number of amides is 1. The molecule has 1 N–H and O–H groups in total. The third-order valence-corrected chi connectivity index (χ3v) is 5.20. The Morgan fingerprint density at radius 2 is 2.04 bits per heavy atom. The fraction of sp³-hybridized carbons (Fsp3) is 0.158. The highest BCUT2D eigenvalue weighted by molar-refractivity contribution is 7.18. The van der Waals surface area contributed by atoms with Gasteiger partial charge in [-0.05, 0) is 30.3 Å². The third kappa shape index (κ3) is 3.70. The van der Waals surface area contributed by atoms with Gasteiger partial charge in [-0.1, -0.05) is 12.1 Å². The highest BCUT2D eigenvalue weighted by atomic mass is 32.1. The Morgan fingerprint density at radius 3 is 2.89 bits per heavy atom. The maximum absolute atomic E-state index is 13.4. The van der Waals surface area contributed by atoms with Crippen molar-refractivity contribution in [2.75, 3.05) is 6.54 Å². The highest BCUT2D eigenvalue weighted by Gasteiger charge is 2.09. The van der Waals surface area contributed by atoms with E-state index in [1.54, 1.807) is 11.3 Å². The topological polar surface area (TPSA) is 76.9 Å². The molecule has 0 saturated carbocycles. The number of para-hydroxylation sites is 1. The van der Waals surface area contributed by atoms with Crippen molar-refractivity contribution in [3.63, 3.8) is 0 Å². The van der Waals surface area contributed by atoms with E-state index in [4.69, 9.17) is 0 Å². The predicted octanol–water partition coefficient (Wildman–Crippen LogP) is 2.50. The van der Waals surface area contributed by atoms with Crippen LogP contribution in [-0.2, 0) is 17.8 Å². The molecule has 2 heterocycles. The van der Waals surface area contributed by atoms with E-state index in [1.165, 1.54) is 23.0 Å². The van der Waals surface area contributed by atoms with Crippen LogP contribution in [0.5, 0.6) is 0 Å². The average molecular weight is 382 g/mol. The molecule has 0 aliphatic rings. The van der Waals surface area contributed by atoms with Crippen molar-refractivity contribution in [3.05, 3.63) is 70.0 Å². The number of hydrogen-bond donors (Lipinski definition) is 1. The van der Waals surface area contributed by atoms with Crippen LogP contribution in [0.4, 0.5) is 4.39 Å². The third-order valence-electron chi connectivity index (χ3n) is 4.10. The van der Waals surface area contributed by atoms with Crippen LogP contribution in [0, 0.1) is 5.82 Å². The Balaban J connectivity index is 1.40. The van der Waals surface area contributed by atoms with E-state index < -0.39 is 11.4 Å². The van der Waals surface area contributed by atoms with Crippen LogP contribution in [-0.4, -0.2) is 27.0 Å². The number of rotatable bonds is 5. The Morgan fingerprint density at radius 1 is 1.19 bits per heavy atom. The van der Waals surface area contributed by atoms with E-state index in [0.29, 0.717) is 18.5 Å². The van der Waals surface area contributed by atoms with E-state index in [-0.39, 0.29) is 17.8 Å². The summed E-state index contributed by atoms with van der Waals surface area (Å²) in [6.45, 7) is 0.251. The molecule has 6 nitrogen and oxygen atoms in total. The number of halogens is 1. The molecule has 0 unspecified atom stereocenters. The van der Waals surface area contributed by atoms with Crippen LogP contribution < -0.4 is 10.9 Å². The Bertz CT molecular complexity index is 1170. The Kier molecular flexibility index (Phi) is 4.64. The lowest BCUT2D eigenvalue weighted by molar-refractivity contribution is -0.121. The number of benzene rings is 2. The molecular formula is C19H15FN4O2S. The Hall–Kier alpha value is -3.13. The van der Waals surface area contributed by atoms with Crippen molar-refractivity contribution < 1.29 is 9.18 Å². The van der Waals surface area contributed by atoms with Crippen molar-refractivity contribution in [3.8, 4) is 0 Å². The van der Waals surface area contributed by atoms with Gasteiger partial charge in [0.2, 0.25) is 5.91 Å². The maximum Gasteiger partial charge on any atom is 0.261 e. The van der Waals surface area contributed by atoms with Crippen LogP contribution in [0.15, 0.2) is 53.6 Å². The zero-order chi connectivity index (χ0) is 18.8. The first-order chi connectivity index (χ1) is 13.1. The van der Waals surface area contributed by atoms with Gasteiger partial charge in [-0.2, -0.15) is 0 Å². The lowest BCUT2D eigenvalue weighted by atomic mass is 10.2. The quantitative estimate of drug-likeness (QED) is 0.575. The molecule has 0 bridgehead atoms. The van der Waals surface area contributed by atoms with Crippen molar-refractivity contribution in [2.45, 2.75) is 13.0 Å². The van der Waals surface area contributed by atoms with E-state index in [0.717, 1.165) is 21.3 Å². The molecule has 0 radical (unpaired) electrons. The monoisotopic (exact) mass is 382 g/mol. The molecule has 0 atom stereocenters. The molecule has 8 heteroatoms. The average Bonchev–Trinajstić information content (AvgIpc) is 3.07. The minimum atomic E-state index is -0.514. The van der Waals surface area contributed by atoms with Gasteiger partial charge in [0.05, 0.1) is 32.5 Å². The first-order valence-electron chi connectivity index (χ1n) is 8.36. The van der Waals surface area contributed by atoms with Gasteiger partial charge in [-0.25, -0.2) is 14.4 Å². The summed E-state index contributed by atoms with van der Waals surface area (Å²) in [6, 6.07) is 11.7. The number of aromatic nitrogens is 3. The summed E-state index contributed by atoms with van der Waals surface area (Å²) in [6.07, 6.45) is 1.91. The minimum absolute atomic E-state index is 0.153. The van der Waals surface area contributed by atoms with Gasteiger partial charge in [0.1, 0.15) is 12.4 Å². The number of carbonyl (C=O) groups is 1. The second kappa shape index (κ2) is 7.24. The normalized spacial score (nSPS) is 11.1. The number of hydrogen-bond acceptors (Lipinski definition) is 5. The van der Waals surface area contributed by atoms with Crippen LogP contribution in [0.3, 0.4) is 0 Å². The van der Waals surface area contributed by atoms with E-state index >= 15 is 0 Å². The molecule has 1 amide bonds. The largest absolute Gasteiger partial charge is 0.354 e. The first kappa shape index (κ1) is 17.3. The number of carbonyl (C=O) groups excluding carboxylic acids is 1. The van der Waals surface area contributed by atoms with Gasteiger partial charge >= 0.3 is 0 Å². The standard InChI is InChI=1S/C19H15FN4O2S/c20-12-5-6-14-13(9-12)19(26)24(11-22-14)10-17(25)21-8-7-18-23-15-3-1-2-4-16(15)27-18/h1-6,9,11H,7-8,10H2,(H,21,25). The van der Waals surface area contributed by atoms with Crippen molar-refractivity contribution in [2.24, 2.45) is 0 Å². The first-order valence-corrected chi connectivity index (χ1v) is 9.18. The SMILES string of the molecule is O=C(Cn1cnc2ccc(F)cc2c1=O)NCCc1nc2ccccc2s1. The molecule has 0 spiro atoms. The fourth-order valence-electron chi connectivity index (χ4n) is 2.79. The van der Waals surface area contributed by atoms with Gasteiger partial charge in [-0.3, -0.25) is 14.2 Å². The van der Waals surface area contributed by atoms with Gasteiger partial charge in [-0.15, -0.1) is 11.3 Å². The summed E-state index contributed by atoms with van der Waals surface area (Å²) in [5.41, 5.74) is 0.902. The molecule has 4 aromatic rings. The highest BCUT2D eigenvalue weighted by Crippen LogP contribution is 2.21. The molecule has 0 saturated heterocycles. The molecular weight excluding hydrogens is 367 g/mol. The summed E-state index contributed by atoms with van der Waals surface area (Å²) in [5, 5.41) is 3.87. The lowest BCUT2D eigenvalue weighted by Crippen LogP contribution is -2.33. The second-order valence-electron chi connectivity index (χ2n) is 6.01. The second-order valence-corrected chi connectivity index (χ2v) is 7.13. The Labute approximate surface area is 157 Å². The molecule has 4 rings (SSSR count). The summed E-state index contributed by atoms with van der Waals surface area (Å²) in [5.74, 6) is -0.824. The summed E-state index contributed by atoms with van der Waals surface area (Å²) < 4.78 is 15.6. The smallest absolute Gasteiger partial charge is 0.261 e. The number of fused-ring (bicyclic) bond motifs is 2. The predicted molar refractivity (Wildman–Crippen MR) is 102 cm³/mol. The molecule has 27 heavy (non-hydrogen) atoms. The molecule has 0 aliphatic carbocycles. The number of nitrogens with zero attached hydrogens (tertiary/aromatic N) is 3. The summed E-state index contributed by atoms with van der Waals surface area (Å²) >= 11 is 1.59. The molecule has 2 aromatic heterocycles. The van der Waals surface area contributed by atoms with Gasteiger partial charge in [0.25, 0.3) is 5.56 Å². The van der Waals surface area contributed by atoms with E-state index in [1.807, 2.05) is 24.3 Å². The zero-order valence-corrected chi connectivity index (χ0v) is 15.0. The lowest BCUT2D eigenvalue weighted by Gasteiger charge is -2.07. The summed E-state index contributed by atoms with van der Waals surface area (Å²) in [7, 11) is 0. The van der Waals surface area contributed by atoms with Crippen molar-refractivity contribution >= 4 is 38.4 Å². The number of nitrogens with one attached hydrogen (secondary N) is 1. The van der Waals surface area contributed by atoms with Gasteiger partial charge < -0.3 is 5.32 Å². The van der Waals surface area contributed by atoms with Crippen LogP contribution >= 0.6 is 11.3 Å². The fourth-order valence-corrected chi connectivity index (χ4v) is 3.76. The molecule has 0 aliphatic heterocycles. The molecule has 0 fully saturated rings. The van der Waals surface area contributed by atoms with E-state index in [9.17, 15) is 14.0 Å². The minimum Gasteiger partial charge on any atom is -0.354 e. The zero-order valence-electron chi connectivity index (χ0n) is 14.2. The van der Waals surface area contributed by atoms with Crippen molar-refractivity contribution in [1.29, 1.82) is 0 Å². The van der Waals surface area contributed by atoms with Crippen LogP contribution in [0.25, 0.3) is 21.1 Å². The maximum atomic E-state index is 13.4.